The maximum absolute atomic E-state index is 12.3. The van der Waals surface area contributed by atoms with Crippen molar-refractivity contribution in [3.8, 4) is 0 Å². The van der Waals surface area contributed by atoms with Crippen LogP contribution in [0.1, 0.15) is 49.9 Å². The molecular weight excluding hydrogens is 282 g/mol. The quantitative estimate of drug-likeness (QED) is 0.837. The van der Waals surface area contributed by atoms with Gasteiger partial charge in [-0.1, -0.05) is 26.0 Å². The molecule has 0 aromatic heterocycles. The number of aliphatic hydroxyl groups is 1. The summed E-state index contributed by atoms with van der Waals surface area (Å²) >= 11 is 1.56. The molecule has 0 saturated heterocycles. The molecule has 1 fully saturated rings. The van der Waals surface area contributed by atoms with Crippen molar-refractivity contribution in [3.63, 3.8) is 0 Å². The fraction of sp³-hybridized carbons (Fsp3) is 0.588. The van der Waals surface area contributed by atoms with E-state index in [-0.39, 0.29) is 5.91 Å². The number of benzene rings is 1. The van der Waals surface area contributed by atoms with Crippen molar-refractivity contribution in [3.05, 3.63) is 29.8 Å². The van der Waals surface area contributed by atoms with Crippen LogP contribution in [0.3, 0.4) is 0 Å². The molecule has 0 atom stereocenters. The lowest BCUT2D eigenvalue weighted by Gasteiger charge is -2.40. The second-order valence-electron chi connectivity index (χ2n) is 6.77. The molecular formula is C17H25NO2S. The molecule has 1 saturated carbocycles. The van der Waals surface area contributed by atoms with Crippen LogP contribution < -0.4 is 5.32 Å². The number of amides is 1. The summed E-state index contributed by atoms with van der Waals surface area (Å²) in [6.45, 7) is 4.81. The Balaban J connectivity index is 1.95. The Morgan fingerprint density at radius 2 is 1.86 bits per heavy atom. The highest BCUT2D eigenvalue weighted by molar-refractivity contribution is 7.98. The molecule has 1 aromatic carbocycles. The Morgan fingerprint density at radius 3 is 2.48 bits per heavy atom. The van der Waals surface area contributed by atoms with Crippen LogP contribution in [0, 0.1) is 5.41 Å². The van der Waals surface area contributed by atoms with Gasteiger partial charge in [0.15, 0.2) is 0 Å². The largest absolute Gasteiger partial charge is 0.388 e. The molecule has 116 valence electrons. The minimum absolute atomic E-state index is 0.0989. The van der Waals surface area contributed by atoms with Gasteiger partial charge in [-0.3, -0.25) is 4.79 Å². The number of hydrogen-bond acceptors (Lipinski definition) is 3. The van der Waals surface area contributed by atoms with E-state index in [1.54, 1.807) is 11.8 Å². The van der Waals surface area contributed by atoms with E-state index in [2.05, 4.69) is 19.2 Å². The third-order valence-electron chi connectivity index (χ3n) is 4.46. The fourth-order valence-corrected chi connectivity index (χ4v) is 3.34. The average molecular weight is 307 g/mol. The highest BCUT2D eigenvalue weighted by atomic mass is 32.2. The number of hydrogen-bond donors (Lipinski definition) is 2. The van der Waals surface area contributed by atoms with E-state index in [0.717, 1.165) is 30.6 Å². The SMILES string of the molecule is CSc1ccccc1C(=O)NCC1(O)CCC(C)(C)CC1. The van der Waals surface area contributed by atoms with Crippen molar-refractivity contribution in [2.75, 3.05) is 12.8 Å². The Kier molecular flexibility index (Phi) is 4.99. The second-order valence-corrected chi connectivity index (χ2v) is 7.62. The van der Waals surface area contributed by atoms with E-state index in [4.69, 9.17) is 0 Å². The molecule has 2 rings (SSSR count). The lowest BCUT2D eigenvalue weighted by atomic mass is 9.71. The predicted molar refractivity (Wildman–Crippen MR) is 87.8 cm³/mol. The fourth-order valence-electron chi connectivity index (χ4n) is 2.74. The molecule has 0 spiro atoms. The van der Waals surface area contributed by atoms with Gasteiger partial charge in [0.2, 0.25) is 0 Å². The highest BCUT2D eigenvalue weighted by Gasteiger charge is 2.36. The number of rotatable bonds is 4. The lowest BCUT2D eigenvalue weighted by molar-refractivity contribution is -0.0233. The monoisotopic (exact) mass is 307 g/mol. The van der Waals surface area contributed by atoms with Gasteiger partial charge in [-0.2, -0.15) is 0 Å². The summed E-state index contributed by atoms with van der Waals surface area (Å²) in [4.78, 5) is 13.3. The van der Waals surface area contributed by atoms with Gasteiger partial charge in [-0.15, -0.1) is 11.8 Å². The van der Waals surface area contributed by atoms with Crippen molar-refractivity contribution in [1.29, 1.82) is 0 Å². The topological polar surface area (TPSA) is 49.3 Å². The smallest absolute Gasteiger partial charge is 0.252 e. The molecule has 3 nitrogen and oxygen atoms in total. The standard InChI is InChI=1S/C17H25NO2S/c1-16(2)8-10-17(20,11-9-16)12-18-15(19)13-6-4-5-7-14(13)21-3/h4-7,20H,8-12H2,1-3H3,(H,18,19). The van der Waals surface area contributed by atoms with Gasteiger partial charge in [0, 0.05) is 11.4 Å². The summed E-state index contributed by atoms with van der Waals surface area (Å²) in [6.07, 6.45) is 5.47. The van der Waals surface area contributed by atoms with E-state index in [9.17, 15) is 9.90 Å². The number of carbonyl (C=O) groups is 1. The molecule has 21 heavy (non-hydrogen) atoms. The zero-order chi connectivity index (χ0) is 15.5. The van der Waals surface area contributed by atoms with E-state index in [1.807, 2.05) is 30.5 Å². The summed E-state index contributed by atoms with van der Waals surface area (Å²) in [7, 11) is 0. The molecule has 1 aliphatic rings. The lowest BCUT2D eigenvalue weighted by Crippen LogP contribution is -2.46. The molecule has 1 amide bonds. The summed E-state index contributed by atoms with van der Waals surface area (Å²) in [6, 6.07) is 7.57. The van der Waals surface area contributed by atoms with Gasteiger partial charge in [0.1, 0.15) is 0 Å². The minimum Gasteiger partial charge on any atom is -0.388 e. The van der Waals surface area contributed by atoms with E-state index in [0.29, 0.717) is 17.5 Å². The van der Waals surface area contributed by atoms with Gasteiger partial charge in [-0.25, -0.2) is 0 Å². The summed E-state index contributed by atoms with van der Waals surface area (Å²) in [5.41, 5.74) is 0.242. The first kappa shape index (κ1) is 16.4. The molecule has 1 aromatic rings. The maximum Gasteiger partial charge on any atom is 0.252 e. The van der Waals surface area contributed by atoms with Crippen LogP contribution in [-0.4, -0.2) is 29.4 Å². The van der Waals surface area contributed by atoms with Crippen molar-refractivity contribution in [2.24, 2.45) is 5.41 Å². The molecule has 1 aliphatic carbocycles. The zero-order valence-electron chi connectivity index (χ0n) is 13.1. The van der Waals surface area contributed by atoms with E-state index in [1.165, 1.54) is 0 Å². The van der Waals surface area contributed by atoms with Crippen LogP contribution >= 0.6 is 11.8 Å². The number of nitrogens with one attached hydrogen (secondary N) is 1. The zero-order valence-corrected chi connectivity index (χ0v) is 13.9. The first-order valence-electron chi connectivity index (χ1n) is 7.49. The third kappa shape index (κ3) is 4.24. The van der Waals surface area contributed by atoms with Gasteiger partial charge < -0.3 is 10.4 Å². The van der Waals surface area contributed by atoms with Crippen molar-refractivity contribution in [2.45, 2.75) is 50.0 Å². The van der Waals surface area contributed by atoms with E-state index >= 15 is 0 Å². The van der Waals surface area contributed by atoms with Crippen LogP contribution in [0.2, 0.25) is 0 Å². The predicted octanol–water partition coefficient (Wildman–Crippen LogP) is 3.47. The van der Waals surface area contributed by atoms with Crippen molar-refractivity contribution < 1.29 is 9.90 Å². The van der Waals surface area contributed by atoms with E-state index < -0.39 is 5.60 Å². The summed E-state index contributed by atoms with van der Waals surface area (Å²) < 4.78 is 0. The van der Waals surface area contributed by atoms with Crippen LogP contribution in [0.25, 0.3) is 0 Å². The first-order chi connectivity index (χ1) is 9.85. The maximum atomic E-state index is 12.3. The first-order valence-corrected chi connectivity index (χ1v) is 8.71. The molecule has 0 radical (unpaired) electrons. The average Bonchev–Trinajstić information content (AvgIpc) is 2.48. The third-order valence-corrected chi connectivity index (χ3v) is 5.26. The molecule has 0 aliphatic heterocycles. The Bertz CT molecular complexity index is 503. The van der Waals surface area contributed by atoms with Gasteiger partial charge in [0.05, 0.1) is 11.2 Å². The number of thioether (sulfide) groups is 1. The van der Waals surface area contributed by atoms with Gasteiger partial charge in [0.25, 0.3) is 5.91 Å². The Labute approximate surface area is 131 Å². The van der Waals surface area contributed by atoms with Crippen molar-refractivity contribution in [1.82, 2.24) is 5.32 Å². The summed E-state index contributed by atoms with van der Waals surface area (Å²) in [5, 5.41) is 13.5. The molecule has 0 bridgehead atoms. The normalized spacial score (nSPS) is 20.0. The second kappa shape index (κ2) is 6.41. The van der Waals surface area contributed by atoms with Crippen molar-refractivity contribution >= 4 is 17.7 Å². The van der Waals surface area contributed by atoms with Crippen LogP contribution in [0.15, 0.2) is 29.2 Å². The highest BCUT2D eigenvalue weighted by Crippen LogP contribution is 2.39. The Hall–Kier alpha value is -1.00. The molecule has 2 N–H and O–H groups in total. The molecule has 4 heteroatoms. The number of carbonyl (C=O) groups excluding carboxylic acids is 1. The summed E-state index contributed by atoms with van der Waals surface area (Å²) in [5.74, 6) is -0.0989. The Morgan fingerprint density at radius 1 is 1.24 bits per heavy atom. The molecule has 0 heterocycles. The van der Waals surface area contributed by atoms with Gasteiger partial charge in [-0.05, 0) is 49.5 Å². The molecule has 0 unspecified atom stereocenters. The van der Waals surface area contributed by atoms with Gasteiger partial charge >= 0.3 is 0 Å². The van der Waals surface area contributed by atoms with Crippen LogP contribution in [-0.2, 0) is 0 Å². The van der Waals surface area contributed by atoms with Crippen LogP contribution in [0.5, 0.6) is 0 Å². The minimum atomic E-state index is -0.751. The van der Waals surface area contributed by atoms with Crippen LogP contribution in [0.4, 0.5) is 0 Å².